The molecule has 11 heteroatoms. The number of hydrogen-bond donors (Lipinski definition) is 2. The fourth-order valence-electron chi connectivity index (χ4n) is 1.78. The lowest BCUT2D eigenvalue weighted by atomic mass is 10.3. The third-order valence-electron chi connectivity index (χ3n) is 2.65. The van der Waals surface area contributed by atoms with Crippen LogP contribution in [0.15, 0.2) is 33.1 Å². The van der Waals surface area contributed by atoms with E-state index in [9.17, 15) is 26.2 Å². The highest BCUT2D eigenvalue weighted by Gasteiger charge is 2.29. The van der Waals surface area contributed by atoms with Crippen LogP contribution in [-0.4, -0.2) is 37.6 Å². The van der Waals surface area contributed by atoms with Gasteiger partial charge in [-0.25, -0.2) is 0 Å². The van der Waals surface area contributed by atoms with Gasteiger partial charge in [-0.2, -0.15) is 26.9 Å². The van der Waals surface area contributed by atoms with Gasteiger partial charge in [-0.05, 0) is 25.1 Å². The number of anilines is 1. The summed E-state index contributed by atoms with van der Waals surface area (Å²) in [4.78, 5) is 10.1. The molecule has 0 saturated carbocycles. The van der Waals surface area contributed by atoms with Crippen LogP contribution in [-0.2, 0) is 25.0 Å². The lowest BCUT2D eigenvalue weighted by molar-refractivity contribution is -0.116. The lowest BCUT2D eigenvalue weighted by Crippen LogP contribution is -2.22. The molecular formula is C10H10N2O7S2. The second-order valence-corrected chi connectivity index (χ2v) is 7.11. The van der Waals surface area contributed by atoms with Gasteiger partial charge in [-0.1, -0.05) is 0 Å². The normalized spacial score (nSPS) is 16.2. The molecule has 1 aliphatic heterocycles. The Kier molecular flexibility index (Phi) is 3.61. The minimum absolute atomic E-state index is 0.0229. The zero-order valence-electron chi connectivity index (χ0n) is 10.6. The SMILES string of the molecule is CC1=NN(c2ccc(S(=O)(=O)O)cc2S(=O)(=O)O)C(=O)C1. The topological polar surface area (TPSA) is 141 Å². The van der Waals surface area contributed by atoms with Crippen LogP contribution in [0.5, 0.6) is 0 Å². The molecule has 1 aromatic rings. The molecule has 0 bridgehead atoms. The van der Waals surface area contributed by atoms with Crippen LogP contribution in [0, 0.1) is 0 Å². The molecule has 2 N–H and O–H groups in total. The second-order valence-electron chi connectivity index (χ2n) is 4.30. The van der Waals surface area contributed by atoms with Crippen LogP contribution in [0.3, 0.4) is 0 Å². The number of carbonyl (C=O) groups excluding carboxylic acids is 1. The van der Waals surface area contributed by atoms with E-state index in [2.05, 4.69) is 5.10 Å². The van der Waals surface area contributed by atoms with Gasteiger partial charge in [0.15, 0.2) is 0 Å². The summed E-state index contributed by atoms with van der Waals surface area (Å²) in [5.41, 5.74) is 0.131. The van der Waals surface area contributed by atoms with Gasteiger partial charge in [0.05, 0.1) is 17.0 Å². The summed E-state index contributed by atoms with van der Waals surface area (Å²) in [6.45, 7) is 1.55. The molecule has 1 aliphatic rings. The second kappa shape index (κ2) is 4.87. The quantitative estimate of drug-likeness (QED) is 0.757. The van der Waals surface area contributed by atoms with E-state index >= 15 is 0 Å². The highest BCUT2D eigenvalue weighted by molar-refractivity contribution is 7.86. The van der Waals surface area contributed by atoms with Gasteiger partial charge in [-0.3, -0.25) is 13.9 Å². The standard InChI is InChI=1S/C10H10N2O7S2/c1-6-4-10(13)12(11-6)8-3-2-7(20(14,15)16)5-9(8)21(17,18)19/h2-3,5H,4H2,1H3,(H,14,15,16)(H,17,18,19). The molecule has 2 rings (SSSR count). The maximum atomic E-state index is 11.7. The molecule has 0 unspecified atom stereocenters. The number of hydrogen-bond acceptors (Lipinski definition) is 6. The van der Waals surface area contributed by atoms with Crippen molar-refractivity contribution < 1.29 is 30.7 Å². The largest absolute Gasteiger partial charge is 0.296 e. The molecule has 21 heavy (non-hydrogen) atoms. The maximum absolute atomic E-state index is 11.7. The molecule has 0 atom stereocenters. The average molecular weight is 334 g/mol. The Morgan fingerprint density at radius 2 is 1.76 bits per heavy atom. The zero-order chi connectivity index (χ0) is 16.0. The fraction of sp³-hybridized carbons (Fsp3) is 0.200. The van der Waals surface area contributed by atoms with Gasteiger partial charge in [0.1, 0.15) is 4.90 Å². The van der Waals surface area contributed by atoms with Crippen molar-refractivity contribution >= 4 is 37.5 Å². The van der Waals surface area contributed by atoms with Crippen LogP contribution in [0.4, 0.5) is 5.69 Å². The van der Waals surface area contributed by atoms with Crippen molar-refractivity contribution in [2.24, 2.45) is 5.10 Å². The first kappa shape index (κ1) is 15.6. The van der Waals surface area contributed by atoms with Crippen LogP contribution in [0.1, 0.15) is 13.3 Å². The summed E-state index contributed by atoms with van der Waals surface area (Å²) in [5.74, 6) is -0.531. The Hall–Kier alpha value is -1.82. The predicted octanol–water partition coefficient (Wildman–Crippen LogP) is 0.293. The van der Waals surface area contributed by atoms with Crippen molar-refractivity contribution in [3.05, 3.63) is 18.2 Å². The first-order chi connectivity index (χ1) is 9.50. The Bertz CT molecular complexity index is 855. The Balaban J connectivity index is 2.71. The van der Waals surface area contributed by atoms with Crippen molar-refractivity contribution in [3.63, 3.8) is 0 Å². The highest BCUT2D eigenvalue weighted by atomic mass is 32.2. The summed E-state index contributed by atoms with van der Waals surface area (Å²) in [7, 11) is -9.50. The molecule has 1 aromatic carbocycles. The van der Waals surface area contributed by atoms with E-state index in [0.717, 1.165) is 17.1 Å². The monoisotopic (exact) mass is 334 g/mol. The van der Waals surface area contributed by atoms with Crippen molar-refractivity contribution in [1.82, 2.24) is 0 Å². The third-order valence-corrected chi connectivity index (χ3v) is 4.38. The van der Waals surface area contributed by atoms with Gasteiger partial charge in [-0.15, -0.1) is 0 Å². The van der Waals surface area contributed by atoms with Gasteiger partial charge in [0, 0.05) is 5.71 Å². The molecule has 0 fully saturated rings. The smallest absolute Gasteiger partial charge is 0.282 e. The van der Waals surface area contributed by atoms with Crippen molar-refractivity contribution in [1.29, 1.82) is 0 Å². The first-order valence-corrected chi connectivity index (χ1v) is 8.34. The first-order valence-electron chi connectivity index (χ1n) is 5.46. The summed E-state index contributed by atoms with van der Waals surface area (Å²) in [5, 5.41) is 4.57. The molecule has 0 aromatic heterocycles. The van der Waals surface area contributed by atoms with E-state index in [1.807, 2.05) is 0 Å². The fourth-order valence-corrected chi connectivity index (χ4v) is 3.06. The molecular weight excluding hydrogens is 324 g/mol. The molecule has 1 heterocycles. The minimum Gasteiger partial charge on any atom is -0.282 e. The van der Waals surface area contributed by atoms with Crippen LogP contribution >= 0.6 is 0 Å². The number of hydrazone groups is 1. The Morgan fingerprint density at radius 3 is 2.19 bits per heavy atom. The van der Waals surface area contributed by atoms with Gasteiger partial charge < -0.3 is 0 Å². The molecule has 0 saturated heterocycles. The van der Waals surface area contributed by atoms with E-state index in [1.54, 1.807) is 6.92 Å². The lowest BCUT2D eigenvalue weighted by Gasteiger charge is -2.15. The summed E-state index contributed by atoms with van der Waals surface area (Å²) in [6, 6.07) is 2.42. The van der Waals surface area contributed by atoms with Crippen LogP contribution < -0.4 is 5.01 Å². The molecule has 9 nitrogen and oxygen atoms in total. The van der Waals surface area contributed by atoms with Gasteiger partial charge in [0.2, 0.25) is 0 Å². The summed E-state index contributed by atoms with van der Waals surface area (Å²) in [6.07, 6.45) is -0.0229. The summed E-state index contributed by atoms with van der Waals surface area (Å²) < 4.78 is 62.9. The molecule has 1 amide bonds. The van der Waals surface area contributed by atoms with E-state index in [-0.39, 0.29) is 12.1 Å². The number of amides is 1. The van der Waals surface area contributed by atoms with E-state index in [0.29, 0.717) is 11.8 Å². The van der Waals surface area contributed by atoms with Crippen molar-refractivity contribution in [2.45, 2.75) is 23.1 Å². The van der Waals surface area contributed by atoms with E-state index < -0.39 is 35.9 Å². The minimum atomic E-state index is -4.83. The average Bonchev–Trinajstić information content (AvgIpc) is 2.65. The Labute approximate surface area is 120 Å². The number of carbonyl (C=O) groups is 1. The summed E-state index contributed by atoms with van der Waals surface area (Å²) >= 11 is 0. The van der Waals surface area contributed by atoms with E-state index in [1.165, 1.54) is 0 Å². The molecule has 0 spiro atoms. The van der Waals surface area contributed by atoms with Crippen molar-refractivity contribution in [3.8, 4) is 0 Å². The zero-order valence-corrected chi connectivity index (χ0v) is 12.2. The molecule has 0 radical (unpaired) electrons. The van der Waals surface area contributed by atoms with E-state index in [4.69, 9.17) is 4.55 Å². The number of rotatable bonds is 3. The molecule has 114 valence electrons. The number of benzene rings is 1. The van der Waals surface area contributed by atoms with Crippen LogP contribution in [0.25, 0.3) is 0 Å². The Morgan fingerprint density at radius 1 is 1.14 bits per heavy atom. The highest BCUT2D eigenvalue weighted by Crippen LogP contribution is 2.30. The van der Waals surface area contributed by atoms with Crippen LogP contribution in [0.2, 0.25) is 0 Å². The maximum Gasteiger partial charge on any atom is 0.296 e. The number of nitrogens with zero attached hydrogens (tertiary/aromatic N) is 2. The van der Waals surface area contributed by atoms with Crippen molar-refractivity contribution in [2.75, 3.05) is 5.01 Å². The van der Waals surface area contributed by atoms with Gasteiger partial charge in [0.25, 0.3) is 26.1 Å². The van der Waals surface area contributed by atoms with Gasteiger partial charge >= 0.3 is 0 Å². The predicted molar refractivity (Wildman–Crippen MR) is 71.3 cm³/mol. The molecule has 0 aliphatic carbocycles. The third kappa shape index (κ3) is 3.10.